The van der Waals surface area contributed by atoms with Gasteiger partial charge in [0.25, 0.3) is 0 Å². The van der Waals surface area contributed by atoms with Gasteiger partial charge in [-0.15, -0.1) is 0 Å². The van der Waals surface area contributed by atoms with E-state index in [2.05, 4.69) is 0 Å². The van der Waals surface area contributed by atoms with E-state index < -0.39 is 17.2 Å². The van der Waals surface area contributed by atoms with Crippen molar-refractivity contribution in [1.82, 2.24) is 4.57 Å². The van der Waals surface area contributed by atoms with Crippen LogP contribution < -0.4 is 21.8 Å². The zero-order valence-electron chi connectivity index (χ0n) is 16.0. The third-order valence-electron chi connectivity index (χ3n) is 6.11. The van der Waals surface area contributed by atoms with Crippen LogP contribution in [0.5, 0.6) is 0 Å². The van der Waals surface area contributed by atoms with Gasteiger partial charge in [0.2, 0.25) is 5.43 Å². The molecule has 0 bridgehead atoms. The number of aryl methyl sites for hydroxylation is 1. The van der Waals surface area contributed by atoms with E-state index in [4.69, 9.17) is 11.5 Å². The topological polar surface area (TPSA) is 115 Å². The Morgan fingerprint density at radius 2 is 2.04 bits per heavy atom. The van der Waals surface area contributed by atoms with Gasteiger partial charge in [0.05, 0.1) is 22.3 Å². The number of aromatic nitrogens is 1. The van der Waals surface area contributed by atoms with Crippen LogP contribution in [0.1, 0.15) is 48.1 Å². The van der Waals surface area contributed by atoms with Crippen molar-refractivity contribution >= 4 is 28.2 Å². The fourth-order valence-corrected chi connectivity index (χ4v) is 4.37. The average molecular weight is 388 g/mol. The van der Waals surface area contributed by atoms with Crippen LogP contribution in [-0.4, -0.2) is 34.8 Å². The Balaban J connectivity index is 2.00. The van der Waals surface area contributed by atoms with E-state index in [1.54, 1.807) is 11.5 Å². The molecule has 0 amide bonds. The zero-order chi connectivity index (χ0) is 20.3. The Morgan fingerprint density at radius 3 is 2.57 bits per heavy atom. The van der Waals surface area contributed by atoms with E-state index in [0.717, 1.165) is 19.3 Å². The maximum atomic E-state index is 15.3. The van der Waals surface area contributed by atoms with E-state index in [9.17, 15) is 14.7 Å². The number of fused-ring (bicyclic) bond motifs is 1. The first-order valence-electron chi connectivity index (χ1n) is 9.62. The zero-order valence-corrected chi connectivity index (χ0v) is 16.0. The lowest BCUT2D eigenvalue weighted by molar-refractivity contribution is 0.0695. The highest BCUT2D eigenvalue weighted by Gasteiger charge is 2.33. The molecule has 2 fully saturated rings. The van der Waals surface area contributed by atoms with Crippen molar-refractivity contribution in [2.45, 2.75) is 45.2 Å². The van der Waals surface area contributed by atoms with Crippen molar-refractivity contribution in [2.24, 2.45) is 11.7 Å². The van der Waals surface area contributed by atoms with Crippen molar-refractivity contribution in [3.05, 3.63) is 33.4 Å². The summed E-state index contributed by atoms with van der Waals surface area (Å²) < 4.78 is 17.1. The van der Waals surface area contributed by atoms with Gasteiger partial charge in [-0.2, -0.15) is 0 Å². The van der Waals surface area contributed by atoms with Crippen LogP contribution in [0.4, 0.5) is 15.8 Å². The Kier molecular flexibility index (Phi) is 4.33. The van der Waals surface area contributed by atoms with Gasteiger partial charge in [-0.1, -0.05) is 0 Å². The minimum atomic E-state index is -1.33. The number of benzene rings is 1. The Labute approximate surface area is 161 Å². The first-order valence-corrected chi connectivity index (χ1v) is 9.62. The van der Waals surface area contributed by atoms with Gasteiger partial charge >= 0.3 is 5.97 Å². The van der Waals surface area contributed by atoms with Crippen molar-refractivity contribution < 1.29 is 14.3 Å². The quantitative estimate of drug-likeness (QED) is 0.692. The van der Waals surface area contributed by atoms with E-state index >= 15 is 4.39 Å². The number of nitrogens with zero attached hydrogens (tertiary/aromatic N) is 2. The maximum absolute atomic E-state index is 15.3. The van der Waals surface area contributed by atoms with Gasteiger partial charge in [0, 0.05) is 31.4 Å². The second-order valence-corrected chi connectivity index (χ2v) is 8.09. The van der Waals surface area contributed by atoms with Crippen LogP contribution in [0.3, 0.4) is 0 Å². The maximum Gasteiger partial charge on any atom is 0.341 e. The first kappa shape index (κ1) is 18.7. The molecule has 1 aliphatic heterocycles. The molecule has 1 aromatic heterocycles. The van der Waals surface area contributed by atoms with Crippen molar-refractivity contribution in [3.8, 4) is 0 Å². The Hall–Kier alpha value is -2.61. The fraction of sp³-hybridized carbons (Fsp3) is 0.500. The Morgan fingerprint density at radius 1 is 1.36 bits per heavy atom. The number of pyridine rings is 1. The molecular weight excluding hydrogens is 363 g/mol. The lowest BCUT2D eigenvalue weighted by atomic mass is 10.0. The molecule has 150 valence electrons. The second kappa shape index (κ2) is 6.48. The molecule has 1 aromatic carbocycles. The molecule has 0 radical (unpaired) electrons. The molecule has 8 heteroatoms. The van der Waals surface area contributed by atoms with Gasteiger partial charge in [0.15, 0.2) is 5.82 Å². The largest absolute Gasteiger partial charge is 0.477 e. The summed E-state index contributed by atoms with van der Waals surface area (Å²) in [6.07, 6.45) is 4.02. The highest BCUT2D eigenvalue weighted by molar-refractivity contribution is 6.01. The molecule has 2 heterocycles. The van der Waals surface area contributed by atoms with E-state index in [0.29, 0.717) is 29.9 Å². The predicted octanol–water partition coefficient (Wildman–Crippen LogP) is 2.24. The van der Waals surface area contributed by atoms with Crippen molar-refractivity contribution in [2.75, 3.05) is 23.7 Å². The summed E-state index contributed by atoms with van der Waals surface area (Å²) in [5, 5.41) is 9.39. The number of anilines is 2. The molecule has 1 unspecified atom stereocenters. The number of carboxylic acids is 1. The molecule has 4 rings (SSSR count). The van der Waals surface area contributed by atoms with Gasteiger partial charge in [-0.3, -0.25) is 4.79 Å². The lowest BCUT2D eigenvalue weighted by Crippen LogP contribution is -2.30. The first-order chi connectivity index (χ1) is 13.2. The molecule has 1 saturated heterocycles. The van der Waals surface area contributed by atoms with Gasteiger partial charge in [-0.05, 0) is 44.6 Å². The molecule has 0 spiro atoms. The summed E-state index contributed by atoms with van der Waals surface area (Å²) in [6.45, 7) is 5.01. The summed E-state index contributed by atoms with van der Waals surface area (Å²) in [6, 6.07) is 0.113. The number of hydrogen-bond acceptors (Lipinski definition) is 5. The number of carbonyl (C=O) groups is 1. The molecule has 2 aliphatic rings. The molecule has 2 aromatic rings. The van der Waals surface area contributed by atoms with Crippen LogP contribution in [0.2, 0.25) is 0 Å². The average Bonchev–Trinajstić information content (AvgIpc) is 3.36. The third kappa shape index (κ3) is 2.74. The summed E-state index contributed by atoms with van der Waals surface area (Å²) in [4.78, 5) is 26.3. The monoisotopic (exact) mass is 388 g/mol. The number of nitrogen functional groups attached to an aromatic ring is 1. The summed E-state index contributed by atoms with van der Waals surface area (Å²) in [7, 11) is 0. The van der Waals surface area contributed by atoms with Crippen LogP contribution in [-0.2, 0) is 0 Å². The highest BCUT2D eigenvalue weighted by atomic mass is 19.1. The van der Waals surface area contributed by atoms with Crippen molar-refractivity contribution in [3.63, 3.8) is 0 Å². The normalized spacial score (nSPS) is 20.7. The van der Waals surface area contributed by atoms with Crippen molar-refractivity contribution in [1.29, 1.82) is 0 Å². The number of hydrogen-bond donors (Lipinski definition) is 3. The fourth-order valence-electron chi connectivity index (χ4n) is 4.37. The molecule has 2 atom stereocenters. The van der Waals surface area contributed by atoms with E-state index in [1.165, 1.54) is 6.20 Å². The Bertz CT molecular complexity index is 1040. The minimum absolute atomic E-state index is 0.00828. The third-order valence-corrected chi connectivity index (χ3v) is 6.11. The van der Waals surface area contributed by atoms with Gasteiger partial charge in [-0.25, -0.2) is 9.18 Å². The number of halogens is 1. The van der Waals surface area contributed by atoms with Gasteiger partial charge < -0.3 is 26.0 Å². The van der Waals surface area contributed by atoms with Gasteiger partial charge in [0.1, 0.15) is 5.56 Å². The van der Waals surface area contributed by atoms with E-state index in [1.807, 2.05) is 11.8 Å². The number of aromatic carboxylic acids is 1. The summed E-state index contributed by atoms with van der Waals surface area (Å²) >= 11 is 0. The second-order valence-electron chi connectivity index (χ2n) is 8.09. The minimum Gasteiger partial charge on any atom is -0.477 e. The molecule has 5 N–H and O–H groups in total. The molecule has 7 nitrogen and oxygen atoms in total. The molecule has 1 saturated carbocycles. The highest BCUT2D eigenvalue weighted by Crippen LogP contribution is 2.42. The summed E-state index contributed by atoms with van der Waals surface area (Å²) in [5.74, 6) is -1.73. The number of carboxylic acid groups (broad SMARTS) is 1. The smallest absolute Gasteiger partial charge is 0.341 e. The van der Waals surface area contributed by atoms with Crippen LogP contribution in [0, 0.1) is 18.7 Å². The molecular formula is C20H25FN4O3. The molecule has 28 heavy (non-hydrogen) atoms. The SMILES string of the molecule is Cc1c(N2CC[C@@H](C(C)N)C2)c(F)c(N)c2c(=O)c(C(=O)O)cn(C3CC3)c12. The number of rotatable bonds is 4. The predicted molar refractivity (Wildman–Crippen MR) is 107 cm³/mol. The number of nitrogens with two attached hydrogens (primary N) is 2. The van der Waals surface area contributed by atoms with Crippen LogP contribution >= 0.6 is 0 Å². The molecule has 1 aliphatic carbocycles. The lowest BCUT2D eigenvalue weighted by Gasteiger charge is -2.26. The van der Waals surface area contributed by atoms with Crippen LogP contribution in [0.25, 0.3) is 10.9 Å². The summed E-state index contributed by atoms with van der Waals surface area (Å²) in [5.41, 5.74) is 12.3. The van der Waals surface area contributed by atoms with E-state index in [-0.39, 0.29) is 34.6 Å². The van der Waals surface area contributed by atoms with Crippen LogP contribution in [0.15, 0.2) is 11.0 Å². The standard InChI is InChI=1S/C20H25FN4O3/c1-9-17-14(19(26)13(20(27)28)8-25(17)12-3-4-12)16(23)15(21)18(9)24-6-5-11(7-24)10(2)22/h8,10-12H,3-7,22-23H2,1-2H3,(H,27,28)/t10?,11-/m1/s1.